The zero-order valence-electron chi connectivity index (χ0n) is 11.8. The van der Waals surface area contributed by atoms with Crippen LogP contribution >= 0.6 is 0 Å². The van der Waals surface area contributed by atoms with Crippen molar-refractivity contribution in [3.8, 4) is 0 Å². The minimum absolute atomic E-state index is 0.0703. The molecule has 0 aliphatic heterocycles. The average Bonchev–Trinajstić information content (AvgIpc) is 2.88. The number of hydrogen-bond donors (Lipinski definition) is 2. The third kappa shape index (κ3) is 3.69. The van der Waals surface area contributed by atoms with Gasteiger partial charge in [0.15, 0.2) is 0 Å². The summed E-state index contributed by atoms with van der Waals surface area (Å²) in [6, 6.07) is 0.209. The van der Waals surface area contributed by atoms with E-state index in [0.717, 1.165) is 11.8 Å². The van der Waals surface area contributed by atoms with Crippen molar-refractivity contribution in [2.45, 2.75) is 38.6 Å². The fourth-order valence-electron chi connectivity index (χ4n) is 3.84. The number of rotatable bonds is 6. The number of nitrogens with one attached hydrogen (secondary N) is 1. The molecule has 2 N–H and O–H groups in total. The highest BCUT2D eigenvalue weighted by Gasteiger charge is 2.42. The van der Waals surface area contributed by atoms with Crippen LogP contribution in [0.2, 0.25) is 0 Å². The first-order chi connectivity index (χ1) is 8.95. The van der Waals surface area contributed by atoms with Crippen LogP contribution in [0.15, 0.2) is 0 Å². The Kier molecular flexibility index (Phi) is 4.45. The molecule has 1 amide bonds. The number of likely N-dealkylation sites (N-methyl/N-ethyl adjacent to an activating group) is 1. The van der Waals surface area contributed by atoms with Crippen LogP contribution in [0.4, 0.5) is 0 Å². The lowest BCUT2D eigenvalue weighted by Crippen LogP contribution is -2.44. The molecule has 0 saturated heterocycles. The fourth-order valence-corrected chi connectivity index (χ4v) is 3.84. The molecule has 5 heteroatoms. The van der Waals surface area contributed by atoms with E-state index in [4.69, 9.17) is 5.11 Å². The summed E-state index contributed by atoms with van der Waals surface area (Å²) in [5, 5.41) is 11.7. The smallest absolute Gasteiger partial charge is 0.317 e. The van der Waals surface area contributed by atoms with Gasteiger partial charge in [0.2, 0.25) is 5.91 Å². The van der Waals surface area contributed by atoms with E-state index in [1.165, 1.54) is 30.6 Å². The number of amides is 1. The van der Waals surface area contributed by atoms with Crippen molar-refractivity contribution >= 4 is 11.9 Å². The molecule has 4 atom stereocenters. The summed E-state index contributed by atoms with van der Waals surface area (Å²) in [7, 11) is 1.65. The van der Waals surface area contributed by atoms with Gasteiger partial charge in [-0.3, -0.25) is 14.5 Å². The van der Waals surface area contributed by atoms with Crippen molar-refractivity contribution in [1.82, 2.24) is 10.2 Å². The van der Waals surface area contributed by atoms with Crippen LogP contribution in [0.25, 0.3) is 0 Å². The van der Waals surface area contributed by atoms with E-state index in [9.17, 15) is 9.59 Å². The van der Waals surface area contributed by atoms with Gasteiger partial charge in [-0.2, -0.15) is 0 Å². The third-order valence-corrected chi connectivity index (χ3v) is 4.64. The summed E-state index contributed by atoms with van der Waals surface area (Å²) in [4.78, 5) is 23.9. The van der Waals surface area contributed by atoms with Gasteiger partial charge in [0.05, 0.1) is 13.1 Å². The molecule has 0 aromatic rings. The molecule has 4 unspecified atom stereocenters. The Morgan fingerprint density at radius 2 is 2.05 bits per heavy atom. The number of carbonyl (C=O) groups is 2. The molecule has 2 bridgehead atoms. The number of aliphatic carboxylic acids is 1. The second-order valence-electron chi connectivity index (χ2n) is 6.26. The molecular weight excluding hydrogens is 244 g/mol. The maximum atomic E-state index is 11.9. The van der Waals surface area contributed by atoms with Crippen LogP contribution in [0.5, 0.6) is 0 Å². The summed E-state index contributed by atoms with van der Waals surface area (Å²) in [5.41, 5.74) is 0. The van der Waals surface area contributed by atoms with Crippen LogP contribution in [0.3, 0.4) is 0 Å². The molecular formula is C14H24N2O3. The van der Waals surface area contributed by atoms with Gasteiger partial charge in [0.1, 0.15) is 0 Å². The number of carboxylic acids is 1. The van der Waals surface area contributed by atoms with Gasteiger partial charge in [-0.25, -0.2) is 0 Å². The molecule has 0 radical (unpaired) electrons. The van der Waals surface area contributed by atoms with Crippen molar-refractivity contribution in [2.24, 2.45) is 17.8 Å². The lowest BCUT2D eigenvalue weighted by molar-refractivity contribution is -0.138. The first-order valence-corrected chi connectivity index (χ1v) is 7.15. The number of carbonyl (C=O) groups excluding carboxylic acids is 1. The third-order valence-electron chi connectivity index (χ3n) is 4.64. The van der Waals surface area contributed by atoms with Crippen LogP contribution in [-0.4, -0.2) is 48.1 Å². The van der Waals surface area contributed by atoms with Crippen molar-refractivity contribution in [2.75, 3.05) is 20.1 Å². The lowest BCUT2D eigenvalue weighted by Gasteiger charge is -2.29. The Bertz CT molecular complexity index is 359. The fraction of sp³-hybridized carbons (Fsp3) is 0.857. The number of nitrogens with zero attached hydrogens (tertiary/aromatic N) is 1. The van der Waals surface area contributed by atoms with Gasteiger partial charge in [0.25, 0.3) is 0 Å². The van der Waals surface area contributed by atoms with Gasteiger partial charge >= 0.3 is 5.97 Å². The van der Waals surface area contributed by atoms with Gasteiger partial charge in [-0.1, -0.05) is 6.42 Å². The van der Waals surface area contributed by atoms with E-state index < -0.39 is 5.97 Å². The number of carboxylic acid groups (broad SMARTS) is 1. The first kappa shape index (κ1) is 14.3. The molecule has 2 fully saturated rings. The molecule has 0 heterocycles. The van der Waals surface area contributed by atoms with Crippen LogP contribution in [-0.2, 0) is 9.59 Å². The molecule has 5 nitrogen and oxygen atoms in total. The highest BCUT2D eigenvalue weighted by Crippen LogP contribution is 2.49. The Hall–Kier alpha value is -1.10. The Morgan fingerprint density at radius 3 is 2.58 bits per heavy atom. The lowest BCUT2D eigenvalue weighted by atomic mass is 9.84. The average molecular weight is 268 g/mol. The van der Waals surface area contributed by atoms with Crippen molar-refractivity contribution < 1.29 is 14.7 Å². The van der Waals surface area contributed by atoms with E-state index in [2.05, 4.69) is 12.2 Å². The van der Waals surface area contributed by atoms with Gasteiger partial charge in [-0.05, 0) is 51.0 Å². The molecule has 2 rings (SSSR count). The molecule has 0 aromatic carbocycles. The molecule has 2 aliphatic rings. The van der Waals surface area contributed by atoms with Gasteiger partial charge in [0, 0.05) is 6.04 Å². The predicted molar refractivity (Wildman–Crippen MR) is 71.7 cm³/mol. The predicted octanol–water partition coefficient (Wildman–Crippen LogP) is 0.944. The topological polar surface area (TPSA) is 69.6 Å². The summed E-state index contributed by atoms with van der Waals surface area (Å²) in [6.07, 6.45) is 5.26. The zero-order valence-corrected chi connectivity index (χ0v) is 11.8. The SMILES string of the molecule is CC(NC(=O)CN(C)CC(=O)O)C1CC2CCC1C2. The molecule has 108 valence electrons. The molecule has 0 spiro atoms. The normalized spacial score (nSPS) is 30.6. The molecule has 2 saturated carbocycles. The monoisotopic (exact) mass is 268 g/mol. The minimum Gasteiger partial charge on any atom is -0.480 e. The van der Waals surface area contributed by atoms with E-state index in [-0.39, 0.29) is 25.0 Å². The van der Waals surface area contributed by atoms with Crippen LogP contribution in [0.1, 0.15) is 32.6 Å². The van der Waals surface area contributed by atoms with Crippen LogP contribution < -0.4 is 5.32 Å². The summed E-state index contributed by atoms with van der Waals surface area (Å²) >= 11 is 0. The second-order valence-corrected chi connectivity index (χ2v) is 6.26. The van der Waals surface area contributed by atoms with E-state index in [1.54, 1.807) is 7.05 Å². The largest absolute Gasteiger partial charge is 0.480 e. The summed E-state index contributed by atoms with van der Waals surface area (Å²) in [6.45, 7) is 2.13. The minimum atomic E-state index is -0.906. The first-order valence-electron chi connectivity index (χ1n) is 7.15. The molecule has 0 aromatic heterocycles. The summed E-state index contributed by atoms with van der Waals surface area (Å²) in [5.74, 6) is 1.31. The number of fused-ring (bicyclic) bond motifs is 2. The van der Waals surface area contributed by atoms with Crippen molar-refractivity contribution in [1.29, 1.82) is 0 Å². The Balaban J connectivity index is 1.74. The van der Waals surface area contributed by atoms with E-state index in [0.29, 0.717) is 5.92 Å². The van der Waals surface area contributed by atoms with Gasteiger partial charge < -0.3 is 10.4 Å². The summed E-state index contributed by atoms with van der Waals surface area (Å²) < 4.78 is 0. The van der Waals surface area contributed by atoms with E-state index >= 15 is 0 Å². The van der Waals surface area contributed by atoms with E-state index in [1.807, 2.05) is 0 Å². The Morgan fingerprint density at radius 1 is 1.32 bits per heavy atom. The quantitative estimate of drug-likeness (QED) is 0.752. The second kappa shape index (κ2) is 5.90. The maximum Gasteiger partial charge on any atom is 0.317 e. The Labute approximate surface area is 114 Å². The molecule has 19 heavy (non-hydrogen) atoms. The van der Waals surface area contributed by atoms with Crippen molar-refractivity contribution in [3.63, 3.8) is 0 Å². The van der Waals surface area contributed by atoms with Gasteiger partial charge in [-0.15, -0.1) is 0 Å². The zero-order chi connectivity index (χ0) is 14.0. The van der Waals surface area contributed by atoms with Crippen molar-refractivity contribution in [3.05, 3.63) is 0 Å². The van der Waals surface area contributed by atoms with Crippen LogP contribution in [0, 0.1) is 17.8 Å². The molecule has 2 aliphatic carbocycles. The maximum absolute atomic E-state index is 11.9. The standard InChI is InChI=1S/C14H24N2O3/c1-9(12-6-10-3-4-11(12)5-10)15-13(17)7-16(2)8-14(18)19/h9-12H,3-8H2,1-2H3,(H,15,17)(H,18,19). The highest BCUT2D eigenvalue weighted by molar-refractivity contribution is 5.79. The number of hydrogen-bond acceptors (Lipinski definition) is 3. The highest BCUT2D eigenvalue weighted by atomic mass is 16.4.